The van der Waals surface area contributed by atoms with Crippen molar-refractivity contribution in [2.75, 3.05) is 51.3 Å². The van der Waals surface area contributed by atoms with E-state index >= 15 is 0 Å². The zero-order valence-corrected chi connectivity index (χ0v) is 16.4. The van der Waals surface area contributed by atoms with Crippen LogP contribution in [0, 0.1) is 0 Å². The maximum Gasteiger partial charge on any atom is 0.314 e. The number of sulfone groups is 1. The number of carbonyl (C=O) groups is 2. The lowest BCUT2D eigenvalue weighted by Gasteiger charge is -2.27. The minimum atomic E-state index is -3.20. The van der Waals surface area contributed by atoms with Crippen LogP contribution in [0.5, 0.6) is 11.5 Å². The Labute approximate surface area is 158 Å². The van der Waals surface area contributed by atoms with Crippen molar-refractivity contribution in [1.82, 2.24) is 4.90 Å². The second kappa shape index (κ2) is 9.05. The van der Waals surface area contributed by atoms with Gasteiger partial charge in [0.25, 0.3) is 0 Å². The molecule has 0 saturated carbocycles. The summed E-state index contributed by atoms with van der Waals surface area (Å²) < 4.78 is 38.8. The third-order valence-electron chi connectivity index (χ3n) is 4.30. The molecule has 1 aromatic rings. The van der Waals surface area contributed by atoms with Crippen molar-refractivity contribution in [3.05, 3.63) is 18.2 Å². The maximum atomic E-state index is 12.7. The van der Waals surface area contributed by atoms with Gasteiger partial charge in [-0.3, -0.25) is 9.59 Å². The molecule has 1 fully saturated rings. The third kappa shape index (κ3) is 5.33. The van der Waals surface area contributed by atoms with Gasteiger partial charge in [-0.25, -0.2) is 8.42 Å². The molecule has 27 heavy (non-hydrogen) atoms. The van der Waals surface area contributed by atoms with Crippen LogP contribution in [0.1, 0.15) is 6.42 Å². The number of nitrogens with zero attached hydrogens (tertiary/aromatic N) is 1. The SMILES string of the molecule is COCCN(C(=O)C(=O)Nc1ccc(OC)cc1OC)C1CCS(=O)(=O)C1. The molecule has 1 unspecified atom stereocenters. The van der Waals surface area contributed by atoms with Crippen molar-refractivity contribution in [3.8, 4) is 11.5 Å². The van der Waals surface area contributed by atoms with Gasteiger partial charge in [-0.15, -0.1) is 0 Å². The summed E-state index contributed by atoms with van der Waals surface area (Å²) in [6, 6.07) is 4.21. The highest BCUT2D eigenvalue weighted by molar-refractivity contribution is 7.91. The van der Waals surface area contributed by atoms with Crippen molar-refractivity contribution in [2.24, 2.45) is 0 Å². The smallest absolute Gasteiger partial charge is 0.314 e. The fourth-order valence-electron chi connectivity index (χ4n) is 2.87. The van der Waals surface area contributed by atoms with Gasteiger partial charge in [-0.2, -0.15) is 0 Å². The molecule has 1 aliphatic heterocycles. The molecule has 1 aromatic carbocycles. The Hall–Kier alpha value is -2.33. The first kappa shape index (κ1) is 21.0. The highest BCUT2D eigenvalue weighted by Crippen LogP contribution is 2.29. The molecule has 2 rings (SSSR count). The van der Waals surface area contributed by atoms with Crippen molar-refractivity contribution < 1.29 is 32.2 Å². The first-order chi connectivity index (χ1) is 12.8. The van der Waals surface area contributed by atoms with E-state index in [1.165, 1.54) is 26.2 Å². The molecule has 0 radical (unpaired) electrons. The Morgan fingerprint density at radius 2 is 1.96 bits per heavy atom. The van der Waals surface area contributed by atoms with E-state index in [0.717, 1.165) is 0 Å². The van der Waals surface area contributed by atoms with Gasteiger partial charge in [-0.1, -0.05) is 0 Å². The number of ether oxygens (including phenoxy) is 3. The predicted molar refractivity (Wildman–Crippen MR) is 98.8 cm³/mol. The minimum Gasteiger partial charge on any atom is -0.497 e. The topological polar surface area (TPSA) is 111 Å². The summed E-state index contributed by atoms with van der Waals surface area (Å²) in [5.74, 6) is -0.966. The summed E-state index contributed by atoms with van der Waals surface area (Å²) in [7, 11) is 1.20. The normalized spacial score (nSPS) is 18.0. The Bertz CT molecular complexity index is 794. The van der Waals surface area contributed by atoms with Crippen LogP contribution in [0.3, 0.4) is 0 Å². The number of methoxy groups -OCH3 is 3. The molecule has 10 heteroatoms. The third-order valence-corrected chi connectivity index (χ3v) is 6.05. The van der Waals surface area contributed by atoms with Crippen LogP contribution in [0.4, 0.5) is 5.69 Å². The number of carbonyl (C=O) groups excluding carboxylic acids is 2. The maximum absolute atomic E-state index is 12.7. The summed E-state index contributed by atoms with van der Waals surface area (Å²) in [4.78, 5) is 26.4. The molecule has 9 nitrogen and oxygen atoms in total. The molecule has 1 atom stereocenters. The molecular formula is C17H24N2O7S. The largest absolute Gasteiger partial charge is 0.497 e. The van der Waals surface area contributed by atoms with E-state index in [2.05, 4.69) is 5.32 Å². The first-order valence-electron chi connectivity index (χ1n) is 8.34. The number of nitrogens with one attached hydrogen (secondary N) is 1. The molecule has 1 heterocycles. The lowest BCUT2D eigenvalue weighted by Crippen LogP contribution is -2.48. The number of hydrogen-bond acceptors (Lipinski definition) is 7. The first-order valence-corrected chi connectivity index (χ1v) is 10.2. The van der Waals surface area contributed by atoms with Gasteiger partial charge in [0, 0.05) is 25.8 Å². The van der Waals surface area contributed by atoms with E-state index in [9.17, 15) is 18.0 Å². The average Bonchev–Trinajstić information content (AvgIpc) is 3.01. The number of rotatable bonds is 7. The molecule has 0 aromatic heterocycles. The summed E-state index contributed by atoms with van der Waals surface area (Å²) in [6.45, 7) is 0.324. The van der Waals surface area contributed by atoms with Crippen LogP contribution >= 0.6 is 0 Å². The molecule has 0 spiro atoms. The van der Waals surface area contributed by atoms with Gasteiger partial charge >= 0.3 is 11.8 Å². The van der Waals surface area contributed by atoms with Crippen LogP contribution in [0.2, 0.25) is 0 Å². The summed E-state index contributed by atoms with van der Waals surface area (Å²) in [6.07, 6.45) is 0.303. The van der Waals surface area contributed by atoms with Gasteiger partial charge in [0.05, 0.1) is 38.0 Å². The van der Waals surface area contributed by atoms with Crippen LogP contribution in [0.15, 0.2) is 18.2 Å². The monoisotopic (exact) mass is 400 g/mol. The summed E-state index contributed by atoms with van der Waals surface area (Å²) >= 11 is 0. The molecular weight excluding hydrogens is 376 g/mol. The predicted octanol–water partition coefficient (Wildman–Crippen LogP) is 0.304. The van der Waals surface area contributed by atoms with E-state index < -0.39 is 27.7 Å². The van der Waals surface area contributed by atoms with E-state index in [1.807, 2.05) is 0 Å². The van der Waals surface area contributed by atoms with Gasteiger partial charge in [-0.05, 0) is 18.6 Å². The second-order valence-corrected chi connectivity index (χ2v) is 8.30. The van der Waals surface area contributed by atoms with Crippen LogP contribution in [-0.2, 0) is 24.2 Å². The molecule has 150 valence electrons. The van der Waals surface area contributed by atoms with Crippen LogP contribution in [-0.4, -0.2) is 77.2 Å². The van der Waals surface area contributed by atoms with Crippen molar-refractivity contribution >= 4 is 27.3 Å². The van der Waals surface area contributed by atoms with Gasteiger partial charge < -0.3 is 24.4 Å². The molecule has 0 aliphatic carbocycles. The molecule has 0 bridgehead atoms. The zero-order chi connectivity index (χ0) is 20.0. The van der Waals surface area contributed by atoms with Crippen LogP contribution in [0.25, 0.3) is 0 Å². The zero-order valence-electron chi connectivity index (χ0n) is 15.6. The quantitative estimate of drug-likeness (QED) is 0.656. The fraction of sp³-hybridized carbons (Fsp3) is 0.529. The van der Waals surface area contributed by atoms with E-state index in [0.29, 0.717) is 23.6 Å². The van der Waals surface area contributed by atoms with Crippen molar-refractivity contribution in [1.29, 1.82) is 0 Å². The standard InChI is InChI=1S/C17H24N2O7S/c1-24-8-7-19(12-6-9-27(22,23)11-12)17(21)16(20)18-14-5-4-13(25-2)10-15(14)26-3/h4-5,10,12H,6-9,11H2,1-3H3,(H,18,20). The van der Waals surface area contributed by atoms with Gasteiger partial charge in [0.1, 0.15) is 11.5 Å². The number of anilines is 1. The average molecular weight is 400 g/mol. The second-order valence-electron chi connectivity index (χ2n) is 6.07. The van der Waals surface area contributed by atoms with E-state index in [4.69, 9.17) is 14.2 Å². The molecule has 1 aliphatic rings. The lowest BCUT2D eigenvalue weighted by atomic mass is 10.2. The van der Waals surface area contributed by atoms with E-state index in [-0.39, 0.29) is 24.7 Å². The van der Waals surface area contributed by atoms with Crippen molar-refractivity contribution in [2.45, 2.75) is 12.5 Å². The fourth-order valence-corrected chi connectivity index (χ4v) is 4.60. The Balaban J connectivity index is 2.16. The number of amides is 2. The molecule has 2 amide bonds. The highest BCUT2D eigenvalue weighted by atomic mass is 32.2. The molecule has 1 saturated heterocycles. The highest BCUT2D eigenvalue weighted by Gasteiger charge is 2.36. The Morgan fingerprint density at radius 1 is 1.22 bits per heavy atom. The minimum absolute atomic E-state index is 0.00233. The molecule has 1 N–H and O–H groups in total. The lowest BCUT2D eigenvalue weighted by molar-refractivity contribution is -0.145. The number of benzene rings is 1. The van der Waals surface area contributed by atoms with Gasteiger partial charge in [0.2, 0.25) is 0 Å². The Kier molecular flexibility index (Phi) is 7.03. The van der Waals surface area contributed by atoms with Gasteiger partial charge in [0.15, 0.2) is 9.84 Å². The Morgan fingerprint density at radius 3 is 2.52 bits per heavy atom. The van der Waals surface area contributed by atoms with E-state index in [1.54, 1.807) is 18.2 Å². The summed E-state index contributed by atoms with van der Waals surface area (Å²) in [5.41, 5.74) is 0.308. The van der Waals surface area contributed by atoms with Crippen molar-refractivity contribution in [3.63, 3.8) is 0 Å². The summed E-state index contributed by atoms with van der Waals surface area (Å²) in [5, 5.41) is 2.51. The number of hydrogen-bond donors (Lipinski definition) is 1. The van der Waals surface area contributed by atoms with Crippen LogP contribution < -0.4 is 14.8 Å².